The molecule has 0 aromatic heterocycles. The first kappa shape index (κ1) is 31.3. The summed E-state index contributed by atoms with van der Waals surface area (Å²) in [5, 5.41) is 3.71. The van der Waals surface area contributed by atoms with Crippen molar-refractivity contribution >= 4 is 34.9 Å². The zero-order chi connectivity index (χ0) is 31.6. The number of hydrogen-bond acceptors (Lipinski definition) is 7. The Balaban J connectivity index is 1.43. The lowest BCUT2D eigenvalue weighted by Crippen LogP contribution is -2.39. The van der Waals surface area contributed by atoms with Gasteiger partial charge >= 0.3 is 12.1 Å². The molecule has 1 atom stereocenters. The third kappa shape index (κ3) is 6.67. The number of nitrogens with zero attached hydrogens (tertiary/aromatic N) is 1. The first-order chi connectivity index (χ1) is 21.0. The Kier molecular flexibility index (Phi) is 9.15. The van der Waals surface area contributed by atoms with Crippen molar-refractivity contribution in [3.8, 4) is 17.2 Å². The van der Waals surface area contributed by atoms with Gasteiger partial charge in [0.2, 0.25) is 0 Å². The number of amides is 1. The van der Waals surface area contributed by atoms with Crippen molar-refractivity contribution in [3.05, 3.63) is 76.3 Å². The molecule has 12 heteroatoms. The number of ether oxygens (including phenoxy) is 4. The van der Waals surface area contributed by atoms with Gasteiger partial charge in [-0.3, -0.25) is 9.59 Å². The van der Waals surface area contributed by atoms with Crippen molar-refractivity contribution in [2.24, 2.45) is 5.92 Å². The third-order valence-electron chi connectivity index (χ3n) is 7.76. The topological polar surface area (TPSA) is 86.3 Å². The summed E-state index contributed by atoms with van der Waals surface area (Å²) in [6.07, 6.45) is -3.46. The molecule has 0 saturated heterocycles. The van der Waals surface area contributed by atoms with Gasteiger partial charge in [-0.1, -0.05) is 23.7 Å². The molecule has 0 radical (unpaired) electrons. The first-order valence-electron chi connectivity index (χ1n) is 14.1. The molecule has 8 nitrogen and oxygen atoms in total. The van der Waals surface area contributed by atoms with Gasteiger partial charge in [-0.05, 0) is 61.6 Å². The maximum atomic E-state index is 14.2. The van der Waals surface area contributed by atoms with Crippen molar-refractivity contribution in [1.29, 1.82) is 0 Å². The molecule has 3 aromatic rings. The number of alkyl halides is 3. The fourth-order valence-electron chi connectivity index (χ4n) is 5.45. The molecule has 1 amide bonds. The number of fused-ring (bicyclic) bond motifs is 1. The van der Waals surface area contributed by atoms with Gasteiger partial charge in [-0.2, -0.15) is 13.2 Å². The Morgan fingerprint density at radius 3 is 2.36 bits per heavy atom. The second kappa shape index (κ2) is 12.9. The standard InChI is InChI=1S/C32H32ClF3N2O6/c1-4-43-31(40)20-11-24(12-20)44-25-15-22(14-23(16-25)41-2)37-29(18-5-7-21(33)8-6-18)30(39)38-10-9-19-13-28(42-3)26(17-27(19)38)32(34,35)36/h5-8,13-17,20,24,29,37H,4,9-12H2,1-3H3. The second-order valence-corrected chi connectivity index (χ2v) is 11.0. The average Bonchev–Trinajstić information content (AvgIpc) is 3.39. The highest BCUT2D eigenvalue weighted by Gasteiger charge is 2.39. The Bertz CT molecular complexity index is 1530. The smallest absolute Gasteiger partial charge is 0.420 e. The number of benzene rings is 3. The summed E-state index contributed by atoms with van der Waals surface area (Å²) >= 11 is 6.12. The molecule has 1 saturated carbocycles. The summed E-state index contributed by atoms with van der Waals surface area (Å²) in [6.45, 7) is 2.27. The highest BCUT2D eigenvalue weighted by Crippen LogP contribution is 2.43. The van der Waals surface area contributed by atoms with E-state index in [1.165, 1.54) is 25.2 Å². The van der Waals surface area contributed by atoms with Crippen LogP contribution in [0.15, 0.2) is 54.6 Å². The maximum Gasteiger partial charge on any atom is 0.420 e. The molecular weight excluding hydrogens is 601 g/mol. The number of hydrogen-bond donors (Lipinski definition) is 1. The molecule has 234 valence electrons. The molecule has 1 unspecified atom stereocenters. The molecule has 5 rings (SSSR count). The fourth-order valence-corrected chi connectivity index (χ4v) is 5.57. The minimum atomic E-state index is -4.67. The summed E-state index contributed by atoms with van der Waals surface area (Å²) in [7, 11) is 2.68. The Morgan fingerprint density at radius 2 is 1.73 bits per heavy atom. The van der Waals surface area contributed by atoms with E-state index in [0.29, 0.717) is 59.2 Å². The predicted molar refractivity (Wildman–Crippen MR) is 159 cm³/mol. The van der Waals surface area contributed by atoms with E-state index in [-0.39, 0.29) is 36.0 Å². The summed E-state index contributed by atoms with van der Waals surface area (Å²) in [6, 6.07) is 13.1. The molecule has 44 heavy (non-hydrogen) atoms. The van der Waals surface area contributed by atoms with Crippen LogP contribution < -0.4 is 24.4 Å². The molecule has 1 fully saturated rings. The zero-order valence-corrected chi connectivity index (χ0v) is 25.1. The lowest BCUT2D eigenvalue weighted by molar-refractivity contribution is -0.154. The molecule has 2 aliphatic rings. The van der Waals surface area contributed by atoms with Gasteiger partial charge in [0, 0.05) is 41.1 Å². The molecule has 0 spiro atoms. The molecular formula is C32H32ClF3N2O6. The highest BCUT2D eigenvalue weighted by atomic mass is 35.5. The maximum absolute atomic E-state index is 14.2. The monoisotopic (exact) mass is 632 g/mol. The lowest BCUT2D eigenvalue weighted by Gasteiger charge is -2.33. The van der Waals surface area contributed by atoms with Gasteiger partial charge < -0.3 is 29.2 Å². The predicted octanol–water partition coefficient (Wildman–Crippen LogP) is 6.84. The normalized spacial score (nSPS) is 18.1. The minimum Gasteiger partial charge on any atom is -0.497 e. The Labute approximate surface area is 258 Å². The summed E-state index contributed by atoms with van der Waals surface area (Å²) in [5.41, 5.74) is 0.847. The Morgan fingerprint density at radius 1 is 1.02 bits per heavy atom. The van der Waals surface area contributed by atoms with Gasteiger partial charge in [0.25, 0.3) is 5.91 Å². The van der Waals surface area contributed by atoms with E-state index in [9.17, 15) is 22.8 Å². The van der Waals surface area contributed by atoms with Gasteiger partial charge in [-0.15, -0.1) is 0 Å². The molecule has 1 N–H and O–H groups in total. The summed E-state index contributed by atoms with van der Waals surface area (Å²) < 4.78 is 63.2. The van der Waals surface area contributed by atoms with Crippen LogP contribution in [0.1, 0.15) is 42.5 Å². The minimum absolute atomic E-state index is 0.180. The molecule has 1 heterocycles. The fraction of sp³-hybridized carbons (Fsp3) is 0.375. The summed E-state index contributed by atoms with van der Waals surface area (Å²) in [5.74, 6) is -0.269. The van der Waals surface area contributed by atoms with Crippen LogP contribution in [0.25, 0.3) is 0 Å². The Hall–Kier alpha value is -4.12. The quantitative estimate of drug-likeness (QED) is 0.245. The third-order valence-corrected chi connectivity index (χ3v) is 8.01. The van der Waals surface area contributed by atoms with Crippen LogP contribution in [0.5, 0.6) is 17.2 Å². The number of carbonyl (C=O) groups is 2. The van der Waals surface area contributed by atoms with Crippen LogP contribution in [0.2, 0.25) is 5.02 Å². The number of methoxy groups -OCH3 is 2. The first-order valence-corrected chi connectivity index (χ1v) is 14.5. The van der Waals surface area contributed by atoms with Gasteiger partial charge in [0.15, 0.2) is 0 Å². The van der Waals surface area contributed by atoms with E-state index in [2.05, 4.69) is 5.32 Å². The van der Waals surface area contributed by atoms with E-state index in [4.69, 9.17) is 30.5 Å². The van der Waals surface area contributed by atoms with Crippen molar-refractivity contribution in [3.63, 3.8) is 0 Å². The molecule has 0 bridgehead atoms. The van der Waals surface area contributed by atoms with Gasteiger partial charge in [-0.25, -0.2) is 0 Å². The van der Waals surface area contributed by atoms with Crippen LogP contribution in [0.3, 0.4) is 0 Å². The van der Waals surface area contributed by atoms with Crippen molar-refractivity contribution in [1.82, 2.24) is 0 Å². The van der Waals surface area contributed by atoms with Crippen molar-refractivity contribution < 1.29 is 41.7 Å². The van der Waals surface area contributed by atoms with E-state index >= 15 is 0 Å². The molecule has 1 aliphatic heterocycles. The van der Waals surface area contributed by atoms with E-state index in [1.54, 1.807) is 49.4 Å². The van der Waals surface area contributed by atoms with Crippen LogP contribution in [-0.4, -0.2) is 45.4 Å². The number of halogens is 4. The lowest BCUT2D eigenvalue weighted by atomic mass is 9.82. The van der Waals surface area contributed by atoms with Crippen LogP contribution >= 0.6 is 11.6 Å². The number of nitrogens with one attached hydrogen (secondary N) is 1. The largest absolute Gasteiger partial charge is 0.497 e. The number of carbonyl (C=O) groups excluding carboxylic acids is 2. The highest BCUT2D eigenvalue weighted by molar-refractivity contribution is 6.30. The molecule has 1 aliphatic carbocycles. The van der Waals surface area contributed by atoms with Crippen LogP contribution in [0, 0.1) is 5.92 Å². The van der Waals surface area contributed by atoms with E-state index in [1.807, 2.05) is 0 Å². The average molecular weight is 633 g/mol. The number of rotatable bonds is 10. The van der Waals surface area contributed by atoms with Crippen LogP contribution in [0.4, 0.5) is 24.5 Å². The summed E-state index contributed by atoms with van der Waals surface area (Å²) in [4.78, 5) is 27.5. The van der Waals surface area contributed by atoms with Crippen LogP contribution in [-0.2, 0) is 26.9 Å². The van der Waals surface area contributed by atoms with Crippen molar-refractivity contribution in [2.45, 2.75) is 44.5 Å². The number of anilines is 2. The van der Waals surface area contributed by atoms with Gasteiger partial charge in [0.05, 0.1) is 32.3 Å². The molecule has 3 aromatic carbocycles. The second-order valence-electron chi connectivity index (χ2n) is 10.6. The number of esters is 1. The van der Waals surface area contributed by atoms with E-state index < -0.39 is 23.7 Å². The van der Waals surface area contributed by atoms with Crippen molar-refractivity contribution in [2.75, 3.05) is 37.6 Å². The van der Waals surface area contributed by atoms with E-state index in [0.717, 1.165) is 6.07 Å². The van der Waals surface area contributed by atoms with Gasteiger partial charge in [0.1, 0.15) is 29.4 Å². The zero-order valence-electron chi connectivity index (χ0n) is 24.4. The SMILES string of the molecule is CCOC(=O)C1CC(Oc2cc(NC(C(=O)N3CCc4cc(OC)c(C(F)(F)F)cc43)c3ccc(Cl)cc3)cc(OC)c2)C1.